The first kappa shape index (κ1) is 35.8. The number of piperidine rings is 1. The molecule has 0 saturated carbocycles. The van der Waals surface area contributed by atoms with E-state index in [4.69, 9.17) is 16.3 Å². The number of aryl methyl sites for hydroxylation is 1. The maximum Gasteiger partial charge on any atom is 0.407 e. The minimum atomic E-state index is -4.78. The maximum absolute atomic E-state index is 15.1. The molecule has 47 heavy (non-hydrogen) atoms. The zero-order chi connectivity index (χ0) is 34.3. The van der Waals surface area contributed by atoms with Gasteiger partial charge in [-0.25, -0.2) is 17.2 Å². The predicted octanol–water partition coefficient (Wildman–Crippen LogP) is 6.49. The molecule has 5 rings (SSSR count). The second kappa shape index (κ2) is 14.2. The van der Waals surface area contributed by atoms with Crippen LogP contribution in [0.2, 0.25) is 5.02 Å². The van der Waals surface area contributed by atoms with Crippen molar-refractivity contribution >= 4 is 33.2 Å². The Balaban J connectivity index is 1.37. The van der Waals surface area contributed by atoms with Gasteiger partial charge in [0.1, 0.15) is 18.2 Å². The molecule has 3 fully saturated rings. The van der Waals surface area contributed by atoms with Gasteiger partial charge in [-0.2, -0.15) is 13.2 Å². The second-order valence-electron chi connectivity index (χ2n) is 13.2. The van der Waals surface area contributed by atoms with E-state index < -0.39 is 46.2 Å². The molecule has 3 aliphatic rings. The van der Waals surface area contributed by atoms with Crippen molar-refractivity contribution in [3.8, 4) is 0 Å². The summed E-state index contributed by atoms with van der Waals surface area (Å²) in [6, 6.07) is 6.50. The molecule has 0 aliphatic carbocycles. The van der Waals surface area contributed by atoms with Gasteiger partial charge in [0.05, 0.1) is 17.9 Å². The Morgan fingerprint density at radius 1 is 1.04 bits per heavy atom. The molecule has 2 aromatic carbocycles. The quantitative estimate of drug-likeness (QED) is 0.294. The molecular weight excluding hydrogens is 665 g/mol. The fourth-order valence-corrected chi connectivity index (χ4v) is 8.51. The first-order chi connectivity index (χ1) is 22.0. The van der Waals surface area contributed by atoms with Gasteiger partial charge in [-0.1, -0.05) is 17.7 Å². The summed E-state index contributed by atoms with van der Waals surface area (Å²) in [5.41, 5.74) is 1.04. The number of hydrogen-bond donors (Lipinski definition) is 0. The number of ether oxygens (including phenoxy) is 1. The summed E-state index contributed by atoms with van der Waals surface area (Å²) in [5, 5.41) is 0.302. The van der Waals surface area contributed by atoms with Gasteiger partial charge in [0.2, 0.25) is 15.9 Å². The predicted molar refractivity (Wildman–Crippen MR) is 170 cm³/mol. The Hall–Kier alpha value is -2.48. The van der Waals surface area contributed by atoms with Crippen LogP contribution in [0.15, 0.2) is 30.3 Å². The molecule has 0 bridgehead atoms. The van der Waals surface area contributed by atoms with Crippen molar-refractivity contribution in [3.05, 3.63) is 63.7 Å². The lowest BCUT2D eigenvalue weighted by molar-refractivity contribution is -0.136. The van der Waals surface area contributed by atoms with Crippen LogP contribution in [-0.2, 0) is 19.6 Å². The molecule has 7 nitrogen and oxygen atoms in total. The van der Waals surface area contributed by atoms with Crippen molar-refractivity contribution in [2.75, 3.05) is 56.5 Å². The molecule has 0 radical (unpaired) electrons. The summed E-state index contributed by atoms with van der Waals surface area (Å²) in [4.78, 5) is 18.1. The van der Waals surface area contributed by atoms with Crippen molar-refractivity contribution in [1.82, 2.24) is 9.80 Å². The monoisotopic (exact) mass is 705 g/mol. The molecule has 14 heteroatoms. The van der Waals surface area contributed by atoms with E-state index >= 15 is 4.39 Å². The summed E-state index contributed by atoms with van der Waals surface area (Å²) in [6.07, 6.45) is -1.52. The highest BCUT2D eigenvalue weighted by molar-refractivity contribution is 7.92. The topological polar surface area (TPSA) is 70.2 Å². The molecule has 3 saturated heterocycles. The summed E-state index contributed by atoms with van der Waals surface area (Å²) < 4.78 is 101. The van der Waals surface area contributed by atoms with E-state index in [2.05, 4.69) is 11.8 Å². The van der Waals surface area contributed by atoms with E-state index in [1.165, 1.54) is 24.3 Å². The van der Waals surface area contributed by atoms with Crippen molar-refractivity contribution in [3.63, 3.8) is 0 Å². The first-order valence-corrected chi connectivity index (χ1v) is 18.2. The molecule has 1 amide bonds. The minimum Gasteiger partial charge on any atom is -0.381 e. The van der Waals surface area contributed by atoms with Crippen molar-refractivity contribution in [2.45, 2.75) is 63.6 Å². The van der Waals surface area contributed by atoms with Gasteiger partial charge >= 0.3 is 6.18 Å². The lowest BCUT2D eigenvalue weighted by atomic mass is 9.85. The number of alkyl halides is 3. The van der Waals surface area contributed by atoms with Crippen LogP contribution >= 0.6 is 11.6 Å². The Morgan fingerprint density at radius 3 is 2.30 bits per heavy atom. The van der Waals surface area contributed by atoms with Crippen LogP contribution in [0.5, 0.6) is 0 Å². The van der Waals surface area contributed by atoms with Gasteiger partial charge in [0.15, 0.2) is 0 Å². The molecule has 3 heterocycles. The fourth-order valence-electron chi connectivity index (χ4n) is 7.44. The largest absolute Gasteiger partial charge is 0.407 e. The van der Waals surface area contributed by atoms with Crippen molar-refractivity contribution < 1.29 is 39.9 Å². The third-order valence-electron chi connectivity index (χ3n) is 10.1. The van der Waals surface area contributed by atoms with Crippen LogP contribution in [0.25, 0.3) is 0 Å². The van der Waals surface area contributed by atoms with Crippen LogP contribution in [0, 0.1) is 30.4 Å². The average molecular weight is 706 g/mol. The Morgan fingerprint density at radius 2 is 1.70 bits per heavy atom. The Kier molecular flexibility index (Phi) is 10.8. The highest BCUT2D eigenvalue weighted by Gasteiger charge is 2.45. The van der Waals surface area contributed by atoms with Crippen LogP contribution < -0.4 is 4.31 Å². The van der Waals surface area contributed by atoms with Gasteiger partial charge in [0, 0.05) is 62.4 Å². The molecule has 0 N–H and O–H groups in total. The normalized spacial score (nSPS) is 22.9. The number of anilines is 1. The van der Waals surface area contributed by atoms with E-state index in [1.54, 1.807) is 11.8 Å². The number of benzene rings is 2. The number of nitrogens with zero attached hydrogens (tertiary/aromatic N) is 3. The van der Waals surface area contributed by atoms with Gasteiger partial charge < -0.3 is 9.64 Å². The number of halogens is 6. The van der Waals surface area contributed by atoms with Crippen LogP contribution in [0.3, 0.4) is 0 Å². The van der Waals surface area contributed by atoms with Gasteiger partial charge in [-0.3, -0.25) is 14.0 Å². The molecule has 3 unspecified atom stereocenters. The Labute approximate surface area is 278 Å². The lowest BCUT2D eigenvalue weighted by Crippen LogP contribution is -2.44. The number of rotatable bonds is 8. The Bertz CT molecular complexity index is 1560. The number of likely N-dealkylation sites (tertiary alicyclic amines) is 2. The second-order valence-corrected chi connectivity index (χ2v) is 15.5. The fraction of sp³-hybridized carbons (Fsp3) is 0.606. The summed E-state index contributed by atoms with van der Waals surface area (Å²) in [7, 11) is -4.30. The van der Waals surface area contributed by atoms with Crippen molar-refractivity contribution in [1.29, 1.82) is 0 Å². The maximum atomic E-state index is 15.1. The van der Waals surface area contributed by atoms with Gasteiger partial charge in [-0.05, 0) is 86.3 Å². The SMILES string of the molecule is Cc1cc(N(CC(F)(F)F)S(C)(=O)=O)c(C2CCN(C(=O)C3CN(C(C)C4CCOCC4)CC3c3ccc(F)cc3F)CC2)cc1Cl. The van der Waals surface area contributed by atoms with Crippen LogP contribution in [0.4, 0.5) is 27.6 Å². The molecule has 0 spiro atoms. The average Bonchev–Trinajstić information content (AvgIpc) is 3.45. The zero-order valence-corrected chi connectivity index (χ0v) is 28.3. The molecule has 260 valence electrons. The highest BCUT2D eigenvalue weighted by atomic mass is 35.5. The molecule has 2 aromatic rings. The zero-order valence-electron chi connectivity index (χ0n) is 26.7. The summed E-state index contributed by atoms with van der Waals surface area (Å²) in [6.45, 7) is 4.79. The van der Waals surface area contributed by atoms with E-state index in [0.717, 1.165) is 25.2 Å². The summed E-state index contributed by atoms with van der Waals surface area (Å²) in [5.74, 6) is -2.60. The minimum absolute atomic E-state index is 0.0723. The standard InChI is InChI=1S/C33H41ClF5N3O4S/c1-20-14-31(42(47(3,44)45)19-33(37,38)39)26(16-29(20)34)23-6-10-40(11-7-23)32(43)28-18-41(21(2)22-8-12-46-13-9-22)17-27(28)25-5-4-24(35)15-30(25)36/h4-5,14-16,21-23,27-28H,6-13,17-19H2,1-3H3. The van der Waals surface area contributed by atoms with Gasteiger partial charge in [0.25, 0.3) is 0 Å². The number of amides is 1. The molecule has 3 aliphatic heterocycles. The van der Waals surface area contributed by atoms with Gasteiger partial charge in [-0.15, -0.1) is 0 Å². The number of hydrogen-bond acceptors (Lipinski definition) is 5. The first-order valence-electron chi connectivity index (χ1n) is 15.9. The number of sulfonamides is 1. The third-order valence-corrected chi connectivity index (χ3v) is 11.6. The van der Waals surface area contributed by atoms with Crippen LogP contribution in [-0.4, -0.2) is 88.5 Å². The summed E-state index contributed by atoms with van der Waals surface area (Å²) >= 11 is 6.39. The molecular formula is C33H41ClF5N3O4S. The molecule has 3 atom stereocenters. The third kappa shape index (κ3) is 8.22. The van der Waals surface area contributed by atoms with E-state index in [-0.39, 0.29) is 36.6 Å². The number of carbonyl (C=O) groups excluding carboxylic acids is 1. The smallest absolute Gasteiger partial charge is 0.381 e. The lowest BCUT2D eigenvalue weighted by Gasteiger charge is -2.37. The van der Waals surface area contributed by atoms with E-state index in [0.29, 0.717) is 71.1 Å². The number of carbonyl (C=O) groups is 1. The van der Waals surface area contributed by atoms with E-state index in [1.807, 2.05) is 0 Å². The van der Waals surface area contributed by atoms with Crippen molar-refractivity contribution in [2.24, 2.45) is 11.8 Å². The highest BCUT2D eigenvalue weighted by Crippen LogP contribution is 2.42. The molecule has 0 aromatic heterocycles. The van der Waals surface area contributed by atoms with Crippen LogP contribution in [0.1, 0.15) is 61.1 Å². The van der Waals surface area contributed by atoms with E-state index in [9.17, 15) is 30.8 Å².